The number of carbonyl (C=O) groups is 3. The molecule has 17 heavy (non-hydrogen) atoms. The fourth-order valence-corrected chi connectivity index (χ4v) is 1.06. The van der Waals surface area contributed by atoms with Crippen molar-refractivity contribution in [2.24, 2.45) is 0 Å². The van der Waals surface area contributed by atoms with Gasteiger partial charge in [0.25, 0.3) is 0 Å². The number of urea groups is 1. The van der Waals surface area contributed by atoms with E-state index in [-0.39, 0.29) is 19.5 Å². The van der Waals surface area contributed by atoms with Gasteiger partial charge in [-0.25, -0.2) is 4.79 Å². The van der Waals surface area contributed by atoms with Crippen molar-refractivity contribution in [3.8, 4) is 0 Å². The number of likely N-dealkylation sites (N-methyl/N-ethyl adjacent to an activating group) is 1. The zero-order valence-corrected chi connectivity index (χ0v) is 10.2. The van der Waals surface area contributed by atoms with Crippen LogP contribution >= 0.6 is 0 Å². The van der Waals surface area contributed by atoms with Gasteiger partial charge >= 0.3 is 12.0 Å². The Morgan fingerprint density at radius 1 is 1.29 bits per heavy atom. The molecule has 0 bridgehead atoms. The largest absolute Gasteiger partial charge is 0.481 e. The SMILES string of the molecule is CCCNC(=O)NC(=O)CN(C)CCC(=O)O. The van der Waals surface area contributed by atoms with Crippen molar-refractivity contribution >= 4 is 17.9 Å². The van der Waals surface area contributed by atoms with Gasteiger partial charge < -0.3 is 10.4 Å². The standard InChI is InChI=1S/C10H19N3O4/c1-3-5-11-10(17)12-8(14)7-13(2)6-4-9(15)16/h3-7H2,1-2H3,(H,15,16)(H2,11,12,14,17). The summed E-state index contributed by atoms with van der Waals surface area (Å²) in [4.78, 5) is 34.2. The van der Waals surface area contributed by atoms with E-state index in [1.807, 2.05) is 6.92 Å². The van der Waals surface area contributed by atoms with Crippen LogP contribution in [0, 0.1) is 0 Å². The van der Waals surface area contributed by atoms with Crippen molar-refractivity contribution in [3.63, 3.8) is 0 Å². The van der Waals surface area contributed by atoms with Crippen LogP contribution in [0.3, 0.4) is 0 Å². The van der Waals surface area contributed by atoms with Gasteiger partial charge in [-0.2, -0.15) is 0 Å². The molecule has 0 fully saturated rings. The Kier molecular flexibility index (Phi) is 7.70. The van der Waals surface area contributed by atoms with Gasteiger partial charge in [0.05, 0.1) is 13.0 Å². The molecule has 7 nitrogen and oxygen atoms in total. The van der Waals surface area contributed by atoms with Crippen LogP contribution in [0.1, 0.15) is 19.8 Å². The predicted octanol–water partition coefficient (Wildman–Crippen LogP) is -0.371. The van der Waals surface area contributed by atoms with E-state index < -0.39 is 17.9 Å². The van der Waals surface area contributed by atoms with E-state index in [0.717, 1.165) is 6.42 Å². The maximum atomic E-state index is 11.3. The first kappa shape index (κ1) is 15.4. The number of nitrogens with zero attached hydrogens (tertiary/aromatic N) is 1. The van der Waals surface area contributed by atoms with Gasteiger partial charge in [-0.1, -0.05) is 6.92 Å². The monoisotopic (exact) mass is 245 g/mol. The Labute approximate surface area is 100 Å². The first-order valence-electron chi connectivity index (χ1n) is 5.43. The molecular formula is C10H19N3O4. The molecule has 0 rings (SSSR count). The van der Waals surface area contributed by atoms with E-state index in [0.29, 0.717) is 6.54 Å². The average molecular weight is 245 g/mol. The number of carboxylic acid groups (broad SMARTS) is 1. The number of hydrogen-bond donors (Lipinski definition) is 3. The van der Waals surface area contributed by atoms with E-state index in [1.54, 1.807) is 7.05 Å². The van der Waals surface area contributed by atoms with Crippen LogP contribution < -0.4 is 10.6 Å². The highest BCUT2D eigenvalue weighted by Gasteiger charge is 2.10. The minimum absolute atomic E-state index is 0.00712. The molecule has 0 aromatic carbocycles. The van der Waals surface area contributed by atoms with E-state index in [1.165, 1.54) is 4.90 Å². The number of aliphatic carboxylic acids is 1. The van der Waals surface area contributed by atoms with E-state index in [9.17, 15) is 14.4 Å². The summed E-state index contributed by atoms with van der Waals surface area (Å²) in [5.41, 5.74) is 0. The number of hydrogen-bond acceptors (Lipinski definition) is 4. The molecule has 7 heteroatoms. The van der Waals surface area contributed by atoms with Crippen molar-refractivity contribution in [2.45, 2.75) is 19.8 Å². The maximum absolute atomic E-state index is 11.3. The Hall–Kier alpha value is -1.63. The molecule has 3 amide bonds. The number of nitrogens with one attached hydrogen (secondary N) is 2. The van der Waals surface area contributed by atoms with Crippen LogP contribution in [0.2, 0.25) is 0 Å². The predicted molar refractivity (Wildman–Crippen MR) is 61.6 cm³/mol. The third-order valence-corrected chi connectivity index (χ3v) is 1.91. The highest BCUT2D eigenvalue weighted by Crippen LogP contribution is 1.87. The molecular weight excluding hydrogens is 226 g/mol. The lowest BCUT2D eigenvalue weighted by Gasteiger charge is -2.14. The smallest absolute Gasteiger partial charge is 0.321 e. The summed E-state index contributed by atoms with van der Waals surface area (Å²) in [5.74, 6) is -1.37. The first-order valence-corrected chi connectivity index (χ1v) is 5.43. The highest BCUT2D eigenvalue weighted by atomic mass is 16.4. The molecule has 0 unspecified atom stereocenters. The molecule has 0 atom stereocenters. The first-order chi connectivity index (χ1) is 7.95. The van der Waals surface area contributed by atoms with E-state index in [4.69, 9.17) is 5.11 Å². The summed E-state index contributed by atoms with van der Waals surface area (Å²) in [6, 6.07) is -0.525. The molecule has 0 aromatic heterocycles. The fraction of sp³-hybridized carbons (Fsp3) is 0.700. The Bertz CT molecular complexity index is 281. The van der Waals surface area contributed by atoms with Crippen molar-refractivity contribution in [2.75, 3.05) is 26.7 Å². The normalized spacial score (nSPS) is 10.1. The molecule has 98 valence electrons. The Morgan fingerprint density at radius 3 is 2.47 bits per heavy atom. The third-order valence-electron chi connectivity index (χ3n) is 1.91. The van der Waals surface area contributed by atoms with Crippen LogP contribution in [0.15, 0.2) is 0 Å². The number of amides is 3. The highest BCUT2D eigenvalue weighted by molar-refractivity contribution is 5.95. The minimum Gasteiger partial charge on any atom is -0.481 e. The van der Waals surface area contributed by atoms with Gasteiger partial charge in [-0.15, -0.1) is 0 Å². The zero-order valence-electron chi connectivity index (χ0n) is 10.2. The van der Waals surface area contributed by atoms with Crippen LogP contribution in [-0.2, 0) is 9.59 Å². The lowest BCUT2D eigenvalue weighted by atomic mass is 10.4. The summed E-state index contributed by atoms with van der Waals surface area (Å²) < 4.78 is 0. The van der Waals surface area contributed by atoms with Crippen LogP contribution in [0.5, 0.6) is 0 Å². The van der Waals surface area contributed by atoms with Crippen LogP contribution in [-0.4, -0.2) is 54.6 Å². The van der Waals surface area contributed by atoms with Crippen LogP contribution in [0.4, 0.5) is 4.79 Å². The van der Waals surface area contributed by atoms with Crippen molar-refractivity contribution < 1.29 is 19.5 Å². The van der Waals surface area contributed by atoms with Gasteiger partial charge in [0.1, 0.15) is 0 Å². The molecule has 0 heterocycles. The van der Waals surface area contributed by atoms with Gasteiger partial charge in [0, 0.05) is 13.1 Å². The molecule has 0 saturated heterocycles. The molecule has 0 radical (unpaired) electrons. The zero-order chi connectivity index (χ0) is 13.3. The minimum atomic E-state index is -0.919. The van der Waals surface area contributed by atoms with Gasteiger partial charge in [-0.05, 0) is 13.5 Å². The number of rotatable bonds is 7. The van der Waals surface area contributed by atoms with Crippen molar-refractivity contribution in [3.05, 3.63) is 0 Å². The van der Waals surface area contributed by atoms with Crippen molar-refractivity contribution in [1.82, 2.24) is 15.5 Å². The molecule has 0 aromatic rings. The molecule has 0 aliphatic heterocycles. The van der Waals surface area contributed by atoms with E-state index >= 15 is 0 Å². The number of carbonyl (C=O) groups excluding carboxylic acids is 2. The molecule has 3 N–H and O–H groups in total. The quantitative estimate of drug-likeness (QED) is 0.568. The Morgan fingerprint density at radius 2 is 1.94 bits per heavy atom. The summed E-state index contributed by atoms with van der Waals surface area (Å²) in [6.45, 7) is 2.67. The third kappa shape index (κ3) is 9.31. The Balaban J connectivity index is 3.77. The van der Waals surface area contributed by atoms with Crippen LogP contribution in [0.25, 0.3) is 0 Å². The van der Waals surface area contributed by atoms with Gasteiger partial charge in [0.2, 0.25) is 5.91 Å². The summed E-state index contributed by atoms with van der Waals surface area (Å²) in [6.07, 6.45) is 0.756. The lowest BCUT2D eigenvalue weighted by Crippen LogP contribution is -2.44. The molecule has 0 aliphatic rings. The second kappa shape index (κ2) is 8.51. The van der Waals surface area contributed by atoms with Gasteiger partial charge in [0.15, 0.2) is 0 Å². The second-order valence-corrected chi connectivity index (χ2v) is 3.69. The fourth-order valence-electron chi connectivity index (χ4n) is 1.06. The lowest BCUT2D eigenvalue weighted by molar-refractivity contribution is -0.137. The maximum Gasteiger partial charge on any atom is 0.321 e. The number of imide groups is 1. The van der Waals surface area contributed by atoms with E-state index in [2.05, 4.69) is 10.6 Å². The number of carboxylic acids is 1. The topological polar surface area (TPSA) is 98.7 Å². The second-order valence-electron chi connectivity index (χ2n) is 3.69. The van der Waals surface area contributed by atoms with Gasteiger partial charge in [-0.3, -0.25) is 19.8 Å². The molecule has 0 spiro atoms. The van der Waals surface area contributed by atoms with Crippen molar-refractivity contribution in [1.29, 1.82) is 0 Å². The summed E-state index contributed by atoms with van der Waals surface area (Å²) in [5, 5.41) is 13.1. The molecule has 0 aliphatic carbocycles. The average Bonchev–Trinajstić information content (AvgIpc) is 2.23. The molecule has 0 saturated carbocycles. The summed E-state index contributed by atoms with van der Waals surface area (Å²) >= 11 is 0. The summed E-state index contributed by atoms with van der Waals surface area (Å²) in [7, 11) is 1.62.